The molecule has 0 unspecified atom stereocenters. The lowest BCUT2D eigenvalue weighted by Crippen LogP contribution is -2.38. The number of methoxy groups -OCH3 is 2. The summed E-state index contributed by atoms with van der Waals surface area (Å²) in [5, 5.41) is 0. The van der Waals surface area contributed by atoms with Crippen LogP contribution in [0.25, 0.3) is 22.4 Å². The van der Waals surface area contributed by atoms with Crippen LogP contribution < -0.4 is 4.90 Å². The summed E-state index contributed by atoms with van der Waals surface area (Å²) in [6.45, 7) is 0.0488. The topological polar surface area (TPSA) is 93.8 Å². The third-order valence-electron chi connectivity index (χ3n) is 4.71. The van der Waals surface area contributed by atoms with Gasteiger partial charge in [0, 0.05) is 15.7 Å². The monoisotopic (exact) mass is 471 g/mol. The van der Waals surface area contributed by atoms with Gasteiger partial charge in [0.15, 0.2) is 0 Å². The highest BCUT2D eigenvalue weighted by molar-refractivity contribution is 9.10. The number of ether oxygens (including phenoxy) is 3. The molecule has 0 atom stereocenters. The molecular weight excluding hydrogens is 454 g/mol. The highest BCUT2D eigenvalue weighted by Crippen LogP contribution is 2.30. The van der Waals surface area contributed by atoms with E-state index in [1.807, 2.05) is 42.5 Å². The van der Waals surface area contributed by atoms with Crippen LogP contribution >= 0.6 is 15.9 Å². The van der Waals surface area contributed by atoms with E-state index < -0.39 is 11.9 Å². The second-order valence-electron chi connectivity index (χ2n) is 6.51. The van der Waals surface area contributed by atoms with Crippen LogP contribution in [0.3, 0.4) is 0 Å². The Hall–Kier alpha value is -3.17. The maximum atomic E-state index is 12.5. The lowest BCUT2D eigenvalue weighted by atomic mass is 10.1. The van der Waals surface area contributed by atoms with E-state index in [4.69, 9.17) is 14.2 Å². The largest absolute Gasteiger partial charge is 0.466 e. The normalized spacial score (nSPS) is 14.2. The molecule has 154 valence electrons. The van der Waals surface area contributed by atoms with Crippen molar-refractivity contribution >= 4 is 44.6 Å². The summed E-state index contributed by atoms with van der Waals surface area (Å²) in [4.78, 5) is 34.2. The number of rotatable bonds is 4. The maximum Gasteiger partial charge on any atom is 0.355 e. The molecule has 0 aliphatic carbocycles. The van der Waals surface area contributed by atoms with Gasteiger partial charge in [-0.25, -0.2) is 14.6 Å². The van der Waals surface area contributed by atoms with Crippen molar-refractivity contribution in [1.29, 1.82) is 0 Å². The molecule has 0 saturated carbocycles. The smallest absolute Gasteiger partial charge is 0.355 e. The molecule has 1 N–H and O–H groups in total. The number of halogens is 1. The molecule has 1 aliphatic heterocycles. The summed E-state index contributed by atoms with van der Waals surface area (Å²) in [6, 6.07) is 13.2. The number of fused-ring (bicyclic) bond motifs is 1. The molecular formula is C21H18BrN3O5. The number of hydrogen-bond acceptors (Lipinski definition) is 7. The van der Waals surface area contributed by atoms with Gasteiger partial charge >= 0.3 is 11.9 Å². The summed E-state index contributed by atoms with van der Waals surface area (Å²) in [5.41, 5.74) is 3.40. The van der Waals surface area contributed by atoms with Gasteiger partial charge in [-0.2, -0.15) is 0 Å². The van der Waals surface area contributed by atoms with E-state index in [9.17, 15) is 9.59 Å². The predicted molar refractivity (Wildman–Crippen MR) is 114 cm³/mol. The molecule has 0 bridgehead atoms. The van der Waals surface area contributed by atoms with Crippen LogP contribution in [-0.4, -0.2) is 49.5 Å². The van der Waals surface area contributed by atoms with Crippen molar-refractivity contribution in [1.82, 2.24) is 9.97 Å². The molecule has 3 aromatic rings. The fourth-order valence-electron chi connectivity index (χ4n) is 3.29. The lowest BCUT2D eigenvalue weighted by molar-refractivity contribution is -0.140. The molecule has 2 heterocycles. The van der Waals surface area contributed by atoms with Gasteiger partial charge in [-0.1, -0.05) is 28.1 Å². The average Bonchev–Trinajstić information content (AvgIpc) is 3.20. The van der Waals surface area contributed by atoms with Crippen LogP contribution in [0.1, 0.15) is 0 Å². The average molecular weight is 472 g/mol. The molecule has 8 nitrogen and oxygen atoms in total. The van der Waals surface area contributed by atoms with Gasteiger partial charge in [-0.3, -0.25) is 0 Å². The zero-order chi connectivity index (χ0) is 21.3. The zero-order valence-corrected chi connectivity index (χ0v) is 17.9. The fraction of sp³-hybridized carbons (Fsp3) is 0.190. The van der Waals surface area contributed by atoms with E-state index >= 15 is 0 Å². The number of esters is 2. The predicted octanol–water partition coefficient (Wildman–Crippen LogP) is 3.39. The molecule has 2 aromatic carbocycles. The van der Waals surface area contributed by atoms with Gasteiger partial charge < -0.3 is 24.1 Å². The van der Waals surface area contributed by atoms with Crippen LogP contribution in [0, 0.1) is 0 Å². The molecule has 0 fully saturated rings. The summed E-state index contributed by atoms with van der Waals surface area (Å²) in [6.07, 6.45) is 0. The molecule has 1 aliphatic rings. The minimum Gasteiger partial charge on any atom is -0.466 e. The second-order valence-corrected chi connectivity index (χ2v) is 7.43. The minimum absolute atomic E-state index is 0.0360. The van der Waals surface area contributed by atoms with Gasteiger partial charge in [0.05, 0.1) is 37.4 Å². The number of nitrogens with zero attached hydrogens (tertiary/aromatic N) is 2. The first-order valence-electron chi connectivity index (χ1n) is 9.02. The van der Waals surface area contributed by atoms with E-state index in [2.05, 4.69) is 25.9 Å². The summed E-state index contributed by atoms with van der Waals surface area (Å²) in [5.74, 6) is -0.600. The Morgan fingerprint density at radius 1 is 1.13 bits per heavy atom. The number of hydrogen-bond donors (Lipinski definition) is 1. The molecule has 1 aromatic heterocycles. The van der Waals surface area contributed by atoms with Crippen LogP contribution in [0.4, 0.5) is 5.69 Å². The van der Waals surface area contributed by atoms with E-state index in [0.29, 0.717) is 11.5 Å². The number of H-pyrrole nitrogens is 1. The highest BCUT2D eigenvalue weighted by Gasteiger charge is 2.32. The summed E-state index contributed by atoms with van der Waals surface area (Å²) >= 11 is 3.46. The third-order valence-corrected chi connectivity index (χ3v) is 5.20. The Morgan fingerprint density at radius 2 is 1.93 bits per heavy atom. The van der Waals surface area contributed by atoms with Crippen LogP contribution in [0.5, 0.6) is 0 Å². The van der Waals surface area contributed by atoms with Crippen LogP contribution in [0.15, 0.2) is 58.2 Å². The van der Waals surface area contributed by atoms with Gasteiger partial charge in [-0.05, 0) is 30.3 Å². The number of aromatic nitrogens is 2. The molecule has 9 heteroatoms. The van der Waals surface area contributed by atoms with Gasteiger partial charge in [-0.15, -0.1) is 0 Å². The highest BCUT2D eigenvalue weighted by atomic mass is 79.9. The Bertz CT molecular complexity index is 1170. The third kappa shape index (κ3) is 3.69. The summed E-state index contributed by atoms with van der Waals surface area (Å²) in [7, 11) is 2.52. The lowest BCUT2D eigenvalue weighted by Gasteiger charge is -2.31. The van der Waals surface area contributed by atoms with Crippen molar-refractivity contribution in [3.8, 4) is 11.4 Å². The van der Waals surface area contributed by atoms with Crippen LogP contribution in [-0.2, 0) is 23.8 Å². The van der Waals surface area contributed by atoms with E-state index in [-0.39, 0.29) is 24.6 Å². The fourth-order valence-corrected chi connectivity index (χ4v) is 3.65. The van der Waals surface area contributed by atoms with Gasteiger partial charge in [0.2, 0.25) is 0 Å². The minimum atomic E-state index is -0.641. The van der Waals surface area contributed by atoms with Crippen molar-refractivity contribution in [2.45, 2.75) is 0 Å². The van der Waals surface area contributed by atoms with Gasteiger partial charge in [0.1, 0.15) is 18.3 Å². The van der Waals surface area contributed by atoms with E-state index in [1.165, 1.54) is 14.2 Å². The van der Waals surface area contributed by atoms with Crippen molar-refractivity contribution in [3.05, 3.63) is 58.2 Å². The molecule has 30 heavy (non-hydrogen) atoms. The van der Waals surface area contributed by atoms with Gasteiger partial charge in [0.25, 0.3) is 0 Å². The second kappa shape index (κ2) is 8.29. The maximum absolute atomic E-state index is 12.5. The van der Waals surface area contributed by atoms with E-state index in [0.717, 1.165) is 21.1 Å². The van der Waals surface area contributed by atoms with Crippen molar-refractivity contribution < 1.29 is 23.8 Å². The number of nitrogens with one attached hydrogen (secondary N) is 1. The quantitative estimate of drug-likeness (QED) is 0.582. The van der Waals surface area contributed by atoms with Crippen molar-refractivity contribution in [3.63, 3.8) is 0 Å². The SMILES string of the molecule is COC(=O)C1=C(C(=O)OC)N(c2cccc(-c3nc4ccc(Br)cc4[nH]3)c2)COC1. The molecule has 0 radical (unpaired) electrons. The zero-order valence-electron chi connectivity index (χ0n) is 16.3. The molecule has 0 spiro atoms. The molecule has 0 amide bonds. The number of carbonyl (C=O) groups is 2. The Kier molecular flexibility index (Phi) is 5.56. The van der Waals surface area contributed by atoms with Crippen molar-refractivity contribution in [2.24, 2.45) is 0 Å². The number of anilines is 1. The van der Waals surface area contributed by atoms with E-state index in [1.54, 1.807) is 4.90 Å². The number of aromatic amines is 1. The number of imidazole rings is 1. The van der Waals surface area contributed by atoms with Crippen molar-refractivity contribution in [2.75, 3.05) is 32.5 Å². The molecule has 4 rings (SSSR count). The van der Waals surface area contributed by atoms with Crippen LogP contribution in [0.2, 0.25) is 0 Å². The number of benzene rings is 2. The molecule has 0 saturated heterocycles. The first-order valence-corrected chi connectivity index (χ1v) is 9.82. The first kappa shape index (κ1) is 20.1. The standard InChI is InChI=1S/C21H18BrN3O5/c1-28-20(26)15-10-30-11-25(18(15)21(27)29-2)14-5-3-4-12(8-14)19-23-16-7-6-13(22)9-17(16)24-19/h3-9H,10-11H2,1-2H3,(H,23,24). The Balaban J connectivity index is 1.78. The number of carbonyl (C=O) groups excluding carboxylic acids is 2. The summed E-state index contributed by atoms with van der Waals surface area (Å²) < 4.78 is 16.2. The Labute approximate surface area is 180 Å². The first-order chi connectivity index (χ1) is 14.5. The Morgan fingerprint density at radius 3 is 2.70 bits per heavy atom.